The standard InChI is InChI=1S/C22H18N4O/c1-27-18-11-9-17(10-12-18)24-15-25-22-19-7-3-2-6-16(19)14-21(26-22)20-8-4-5-13-23-20/h2-15H,1H3,(H,24,25,26). The van der Waals surface area contributed by atoms with Gasteiger partial charge in [-0.1, -0.05) is 30.3 Å². The first-order valence-electron chi connectivity index (χ1n) is 8.58. The molecule has 2 aromatic carbocycles. The summed E-state index contributed by atoms with van der Waals surface area (Å²) < 4.78 is 5.17. The van der Waals surface area contributed by atoms with Crippen LogP contribution in [-0.4, -0.2) is 23.4 Å². The molecule has 132 valence electrons. The van der Waals surface area contributed by atoms with E-state index in [4.69, 9.17) is 9.72 Å². The molecule has 0 amide bonds. The highest BCUT2D eigenvalue weighted by Crippen LogP contribution is 2.28. The molecule has 5 heteroatoms. The summed E-state index contributed by atoms with van der Waals surface area (Å²) in [6.45, 7) is 0. The van der Waals surface area contributed by atoms with E-state index >= 15 is 0 Å². The number of pyridine rings is 2. The fourth-order valence-electron chi connectivity index (χ4n) is 2.78. The summed E-state index contributed by atoms with van der Waals surface area (Å²) in [5, 5.41) is 5.23. The van der Waals surface area contributed by atoms with E-state index in [1.165, 1.54) is 0 Å². The summed E-state index contributed by atoms with van der Waals surface area (Å²) in [7, 11) is 1.65. The van der Waals surface area contributed by atoms with Crippen LogP contribution in [0.25, 0.3) is 22.2 Å². The second kappa shape index (κ2) is 7.66. The third-order valence-electron chi connectivity index (χ3n) is 4.16. The van der Waals surface area contributed by atoms with Crippen LogP contribution in [0.3, 0.4) is 0 Å². The van der Waals surface area contributed by atoms with Crippen molar-refractivity contribution in [2.75, 3.05) is 12.4 Å². The molecule has 0 unspecified atom stereocenters. The highest BCUT2D eigenvalue weighted by molar-refractivity contribution is 5.94. The summed E-state index contributed by atoms with van der Waals surface area (Å²) in [4.78, 5) is 13.7. The van der Waals surface area contributed by atoms with Crippen LogP contribution in [0.2, 0.25) is 0 Å². The Labute approximate surface area is 157 Å². The Bertz CT molecular complexity index is 1080. The van der Waals surface area contributed by atoms with Crippen molar-refractivity contribution >= 4 is 28.6 Å². The van der Waals surface area contributed by atoms with Crippen LogP contribution >= 0.6 is 0 Å². The van der Waals surface area contributed by atoms with Crippen LogP contribution in [-0.2, 0) is 0 Å². The Morgan fingerprint density at radius 2 is 1.74 bits per heavy atom. The van der Waals surface area contributed by atoms with Crippen molar-refractivity contribution in [1.82, 2.24) is 9.97 Å². The summed E-state index contributed by atoms with van der Waals surface area (Å²) >= 11 is 0. The normalized spacial score (nSPS) is 11.0. The van der Waals surface area contributed by atoms with Crippen LogP contribution in [0.15, 0.2) is 84.0 Å². The SMILES string of the molecule is COc1ccc(NC=Nc2nc(-c3ccccn3)cc3ccccc23)cc1. The molecular formula is C22H18N4O. The molecule has 0 saturated heterocycles. The summed E-state index contributed by atoms with van der Waals surface area (Å²) in [6, 6.07) is 23.5. The fourth-order valence-corrected chi connectivity index (χ4v) is 2.78. The third-order valence-corrected chi connectivity index (χ3v) is 4.16. The quantitative estimate of drug-likeness (QED) is 0.401. The minimum Gasteiger partial charge on any atom is -0.497 e. The predicted molar refractivity (Wildman–Crippen MR) is 110 cm³/mol. The van der Waals surface area contributed by atoms with Crippen molar-refractivity contribution < 1.29 is 4.74 Å². The minimum atomic E-state index is 0.648. The van der Waals surface area contributed by atoms with Crippen LogP contribution in [0.5, 0.6) is 5.75 Å². The number of anilines is 1. The monoisotopic (exact) mass is 354 g/mol. The molecule has 2 aromatic heterocycles. The van der Waals surface area contributed by atoms with Crippen molar-refractivity contribution in [1.29, 1.82) is 0 Å². The van der Waals surface area contributed by atoms with Gasteiger partial charge in [-0.3, -0.25) is 4.98 Å². The van der Waals surface area contributed by atoms with Crippen LogP contribution < -0.4 is 10.1 Å². The molecule has 2 heterocycles. The number of methoxy groups -OCH3 is 1. The van der Waals surface area contributed by atoms with E-state index in [0.717, 1.165) is 33.6 Å². The lowest BCUT2D eigenvalue weighted by molar-refractivity contribution is 0.415. The first-order valence-corrected chi connectivity index (χ1v) is 8.58. The van der Waals surface area contributed by atoms with Crippen molar-refractivity contribution in [2.24, 2.45) is 4.99 Å². The lowest BCUT2D eigenvalue weighted by Gasteiger charge is -2.06. The number of benzene rings is 2. The fraction of sp³-hybridized carbons (Fsp3) is 0.0455. The predicted octanol–water partition coefficient (Wildman–Crippen LogP) is 5.08. The zero-order chi connectivity index (χ0) is 18.5. The lowest BCUT2D eigenvalue weighted by Crippen LogP contribution is -1.95. The van der Waals surface area contributed by atoms with Crippen molar-refractivity contribution in [3.63, 3.8) is 0 Å². The third kappa shape index (κ3) is 3.77. The zero-order valence-corrected chi connectivity index (χ0v) is 14.8. The molecule has 0 aliphatic carbocycles. The summed E-state index contributed by atoms with van der Waals surface area (Å²) in [5.41, 5.74) is 2.54. The lowest BCUT2D eigenvalue weighted by atomic mass is 10.1. The van der Waals surface area contributed by atoms with Gasteiger partial charge in [0, 0.05) is 17.3 Å². The average Bonchev–Trinajstić information content (AvgIpc) is 2.74. The maximum atomic E-state index is 5.17. The highest BCUT2D eigenvalue weighted by Gasteiger charge is 2.07. The molecule has 1 N–H and O–H groups in total. The van der Waals surface area contributed by atoms with Gasteiger partial charge in [0.15, 0.2) is 5.82 Å². The summed E-state index contributed by atoms with van der Waals surface area (Å²) in [6.07, 6.45) is 3.42. The van der Waals surface area contributed by atoms with E-state index in [1.54, 1.807) is 19.6 Å². The number of ether oxygens (including phenoxy) is 1. The molecule has 0 spiro atoms. The Morgan fingerprint density at radius 3 is 2.52 bits per heavy atom. The van der Waals surface area contributed by atoms with Crippen molar-refractivity contribution in [2.45, 2.75) is 0 Å². The summed E-state index contributed by atoms with van der Waals surface area (Å²) in [5.74, 6) is 1.46. The van der Waals surface area contributed by atoms with E-state index < -0.39 is 0 Å². The second-order valence-corrected chi connectivity index (χ2v) is 5.90. The number of hydrogen-bond acceptors (Lipinski definition) is 4. The van der Waals surface area contributed by atoms with Gasteiger partial charge in [0.1, 0.15) is 5.75 Å². The number of aliphatic imine (C=N–C) groups is 1. The van der Waals surface area contributed by atoms with Gasteiger partial charge in [-0.25, -0.2) is 9.98 Å². The first-order chi connectivity index (χ1) is 13.3. The molecule has 27 heavy (non-hydrogen) atoms. The van der Waals surface area contributed by atoms with Gasteiger partial charge in [0.05, 0.1) is 24.8 Å². The van der Waals surface area contributed by atoms with Crippen molar-refractivity contribution in [3.05, 3.63) is 79.0 Å². The van der Waals surface area contributed by atoms with Gasteiger partial charge in [0.2, 0.25) is 0 Å². The zero-order valence-electron chi connectivity index (χ0n) is 14.8. The largest absolute Gasteiger partial charge is 0.497 e. The molecule has 0 aliphatic rings. The number of aromatic nitrogens is 2. The first kappa shape index (κ1) is 16.7. The van der Waals surface area contributed by atoms with E-state index in [-0.39, 0.29) is 0 Å². The second-order valence-electron chi connectivity index (χ2n) is 5.90. The van der Waals surface area contributed by atoms with Gasteiger partial charge in [-0.2, -0.15) is 0 Å². The average molecular weight is 354 g/mol. The Morgan fingerprint density at radius 1 is 0.926 bits per heavy atom. The van der Waals surface area contributed by atoms with Gasteiger partial charge >= 0.3 is 0 Å². The molecule has 5 nitrogen and oxygen atoms in total. The van der Waals surface area contributed by atoms with Gasteiger partial charge in [-0.05, 0) is 47.9 Å². The smallest absolute Gasteiger partial charge is 0.162 e. The van der Waals surface area contributed by atoms with E-state index in [1.807, 2.05) is 66.7 Å². The maximum Gasteiger partial charge on any atom is 0.162 e. The maximum absolute atomic E-state index is 5.17. The number of rotatable bonds is 5. The Kier molecular flexibility index (Phi) is 4.74. The molecule has 0 atom stereocenters. The van der Waals surface area contributed by atoms with Gasteiger partial charge in [0.25, 0.3) is 0 Å². The molecule has 0 aliphatic heterocycles. The van der Waals surface area contributed by atoms with Crippen LogP contribution in [0.4, 0.5) is 11.5 Å². The van der Waals surface area contributed by atoms with Crippen LogP contribution in [0.1, 0.15) is 0 Å². The molecule has 0 saturated carbocycles. The minimum absolute atomic E-state index is 0.648. The molecular weight excluding hydrogens is 336 g/mol. The Hall–Kier alpha value is -3.73. The molecule has 0 radical (unpaired) electrons. The van der Waals surface area contributed by atoms with Crippen LogP contribution in [0, 0.1) is 0 Å². The number of nitrogens with one attached hydrogen (secondary N) is 1. The molecule has 0 bridgehead atoms. The topological polar surface area (TPSA) is 59.4 Å². The number of fused-ring (bicyclic) bond motifs is 1. The molecule has 4 aromatic rings. The van der Waals surface area contributed by atoms with Crippen molar-refractivity contribution in [3.8, 4) is 17.1 Å². The Balaban J connectivity index is 1.67. The number of nitrogens with zero attached hydrogens (tertiary/aromatic N) is 3. The highest BCUT2D eigenvalue weighted by atomic mass is 16.5. The van der Waals surface area contributed by atoms with E-state index in [2.05, 4.69) is 21.4 Å². The number of hydrogen-bond donors (Lipinski definition) is 1. The molecule has 0 fully saturated rings. The van der Waals surface area contributed by atoms with Gasteiger partial charge in [-0.15, -0.1) is 0 Å². The van der Waals surface area contributed by atoms with E-state index in [9.17, 15) is 0 Å². The van der Waals surface area contributed by atoms with E-state index in [0.29, 0.717) is 5.82 Å². The molecule has 4 rings (SSSR count). The van der Waals surface area contributed by atoms with Gasteiger partial charge < -0.3 is 10.1 Å².